The number of carbonyl (C=O) groups is 2. The third-order valence-electron chi connectivity index (χ3n) is 3.86. The van der Waals surface area contributed by atoms with Crippen molar-refractivity contribution in [1.29, 1.82) is 0 Å². The molecule has 0 spiro atoms. The Bertz CT molecular complexity index is 666. The van der Waals surface area contributed by atoms with Crippen LogP contribution in [-0.2, 0) is 14.8 Å². The molecule has 1 aliphatic rings. The van der Waals surface area contributed by atoms with E-state index in [4.69, 9.17) is 0 Å². The molecule has 1 heterocycles. The minimum atomic E-state index is -3.66. The van der Waals surface area contributed by atoms with Crippen LogP contribution < -0.4 is 0 Å². The first kappa shape index (κ1) is 15.9. The molecule has 0 radical (unpaired) electrons. The van der Waals surface area contributed by atoms with Crippen LogP contribution >= 0.6 is 0 Å². The van der Waals surface area contributed by atoms with E-state index in [1.54, 1.807) is 12.1 Å². The maximum atomic E-state index is 12.6. The normalized spacial score (nSPS) is 20.5. The van der Waals surface area contributed by atoms with Crippen LogP contribution in [0.1, 0.15) is 37.0 Å². The number of ketones is 2. The molecule has 114 valence electrons. The van der Waals surface area contributed by atoms with Gasteiger partial charge in [0, 0.05) is 31.0 Å². The van der Waals surface area contributed by atoms with Gasteiger partial charge in [-0.3, -0.25) is 9.59 Å². The second-order valence-electron chi connectivity index (χ2n) is 5.27. The van der Waals surface area contributed by atoms with Crippen LogP contribution in [-0.4, -0.2) is 37.4 Å². The zero-order chi connectivity index (χ0) is 15.6. The average Bonchev–Trinajstić information content (AvgIpc) is 2.47. The number of Topliss-reactive ketones (excluding diaryl/α,β-unsaturated/α-hetero) is 2. The molecule has 6 heteroatoms. The molecule has 1 aromatic rings. The fourth-order valence-electron chi connectivity index (χ4n) is 2.48. The molecule has 0 aromatic heterocycles. The lowest BCUT2D eigenvalue weighted by Gasteiger charge is -2.30. The molecule has 0 N–H and O–H groups in total. The van der Waals surface area contributed by atoms with E-state index in [9.17, 15) is 18.0 Å². The summed E-state index contributed by atoms with van der Waals surface area (Å²) in [4.78, 5) is 23.2. The van der Waals surface area contributed by atoms with E-state index in [-0.39, 0.29) is 41.9 Å². The monoisotopic (exact) mass is 309 g/mol. The van der Waals surface area contributed by atoms with Crippen LogP contribution in [0.25, 0.3) is 0 Å². The summed E-state index contributed by atoms with van der Waals surface area (Å²) in [6, 6.07) is 6.04. The van der Waals surface area contributed by atoms with Crippen LogP contribution in [0.3, 0.4) is 0 Å². The van der Waals surface area contributed by atoms with Gasteiger partial charge in [0.2, 0.25) is 10.0 Å². The maximum absolute atomic E-state index is 12.6. The number of nitrogens with zero attached hydrogens (tertiary/aromatic N) is 1. The Morgan fingerprint density at radius 1 is 1.38 bits per heavy atom. The van der Waals surface area contributed by atoms with Crippen molar-refractivity contribution in [3.63, 3.8) is 0 Å². The van der Waals surface area contributed by atoms with Gasteiger partial charge in [-0.25, -0.2) is 8.42 Å². The highest BCUT2D eigenvalue weighted by atomic mass is 32.2. The molecule has 0 aliphatic carbocycles. The summed E-state index contributed by atoms with van der Waals surface area (Å²) in [6.07, 6.45) is 0.891. The topological polar surface area (TPSA) is 71.5 Å². The molecule has 1 aliphatic heterocycles. The zero-order valence-corrected chi connectivity index (χ0v) is 13.0. The van der Waals surface area contributed by atoms with E-state index < -0.39 is 10.0 Å². The Hall–Kier alpha value is -1.53. The first-order valence-electron chi connectivity index (χ1n) is 7.00. The summed E-state index contributed by atoms with van der Waals surface area (Å²) in [5, 5.41) is 0. The molecule has 1 saturated heterocycles. The van der Waals surface area contributed by atoms with Gasteiger partial charge in [0.15, 0.2) is 5.78 Å². The van der Waals surface area contributed by atoms with Gasteiger partial charge in [-0.15, -0.1) is 0 Å². The van der Waals surface area contributed by atoms with Crippen LogP contribution in [0, 0.1) is 5.92 Å². The lowest BCUT2D eigenvalue weighted by atomic mass is 9.96. The minimum absolute atomic E-state index is 0.111. The van der Waals surface area contributed by atoms with Gasteiger partial charge in [0.05, 0.1) is 4.90 Å². The quantitative estimate of drug-likeness (QED) is 0.796. The summed E-state index contributed by atoms with van der Waals surface area (Å²) in [6.45, 7) is 3.72. The van der Waals surface area contributed by atoms with Crippen molar-refractivity contribution in [1.82, 2.24) is 4.31 Å². The Labute approximate surface area is 125 Å². The summed E-state index contributed by atoms with van der Waals surface area (Å²) < 4.78 is 26.6. The van der Waals surface area contributed by atoms with Gasteiger partial charge in [-0.1, -0.05) is 19.1 Å². The van der Waals surface area contributed by atoms with E-state index >= 15 is 0 Å². The molecule has 1 fully saturated rings. The van der Waals surface area contributed by atoms with Crippen molar-refractivity contribution in [3.05, 3.63) is 29.8 Å². The maximum Gasteiger partial charge on any atom is 0.243 e. The standard InChI is InChI=1S/C15H19NO4S/c1-3-12-10-16(8-7-15(12)18)21(19,20)14-6-4-5-13(9-14)11(2)17/h4-6,9,12H,3,7-8,10H2,1-2H3. The predicted molar refractivity (Wildman–Crippen MR) is 78.6 cm³/mol. The van der Waals surface area contributed by atoms with Crippen molar-refractivity contribution in [2.75, 3.05) is 13.1 Å². The van der Waals surface area contributed by atoms with E-state index in [0.717, 1.165) is 0 Å². The Balaban J connectivity index is 2.32. The molecule has 2 rings (SSSR count). The van der Waals surface area contributed by atoms with E-state index in [1.165, 1.54) is 23.4 Å². The molecule has 1 aromatic carbocycles. The lowest BCUT2D eigenvalue weighted by Crippen LogP contribution is -2.43. The molecule has 0 saturated carbocycles. The van der Waals surface area contributed by atoms with Gasteiger partial charge in [-0.2, -0.15) is 4.31 Å². The minimum Gasteiger partial charge on any atom is -0.299 e. The summed E-state index contributed by atoms with van der Waals surface area (Å²) >= 11 is 0. The number of sulfonamides is 1. The zero-order valence-electron chi connectivity index (χ0n) is 12.2. The molecule has 0 bridgehead atoms. The van der Waals surface area contributed by atoms with Gasteiger partial charge in [0.1, 0.15) is 5.78 Å². The SMILES string of the molecule is CCC1CN(S(=O)(=O)c2cccc(C(C)=O)c2)CCC1=O. The molecule has 5 nitrogen and oxygen atoms in total. The molecule has 1 unspecified atom stereocenters. The van der Waals surface area contributed by atoms with Crippen LogP contribution in [0.5, 0.6) is 0 Å². The summed E-state index contributed by atoms with van der Waals surface area (Å²) in [5.74, 6) is -0.279. The summed E-state index contributed by atoms with van der Waals surface area (Å²) in [5.41, 5.74) is 0.371. The molecule has 0 amide bonds. The first-order valence-corrected chi connectivity index (χ1v) is 8.44. The van der Waals surface area contributed by atoms with Crippen LogP contribution in [0.4, 0.5) is 0 Å². The number of benzene rings is 1. The van der Waals surface area contributed by atoms with Crippen molar-refractivity contribution in [2.24, 2.45) is 5.92 Å². The highest BCUT2D eigenvalue weighted by Crippen LogP contribution is 2.24. The van der Waals surface area contributed by atoms with Crippen LogP contribution in [0.2, 0.25) is 0 Å². The third kappa shape index (κ3) is 3.22. The number of piperidine rings is 1. The molecular weight excluding hydrogens is 290 g/mol. The van der Waals surface area contributed by atoms with Crippen molar-refractivity contribution < 1.29 is 18.0 Å². The highest BCUT2D eigenvalue weighted by Gasteiger charge is 2.33. The van der Waals surface area contributed by atoms with Gasteiger partial charge in [-0.05, 0) is 25.5 Å². The Kier molecular flexibility index (Phi) is 4.58. The van der Waals surface area contributed by atoms with E-state index in [1.807, 2.05) is 6.92 Å². The Morgan fingerprint density at radius 3 is 2.71 bits per heavy atom. The third-order valence-corrected chi connectivity index (χ3v) is 5.72. The Morgan fingerprint density at radius 2 is 2.10 bits per heavy atom. The van der Waals surface area contributed by atoms with Crippen molar-refractivity contribution in [2.45, 2.75) is 31.6 Å². The fourth-order valence-corrected chi connectivity index (χ4v) is 4.01. The van der Waals surface area contributed by atoms with Crippen molar-refractivity contribution in [3.8, 4) is 0 Å². The molecule has 1 atom stereocenters. The molecule has 21 heavy (non-hydrogen) atoms. The lowest BCUT2D eigenvalue weighted by molar-refractivity contribution is -0.125. The predicted octanol–water partition coefficient (Wildman–Crippen LogP) is 1.88. The van der Waals surface area contributed by atoms with Crippen LogP contribution in [0.15, 0.2) is 29.2 Å². The number of hydrogen-bond donors (Lipinski definition) is 0. The van der Waals surface area contributed by atoms with Gasteiger partial charge >= 0.3 is 0 Å². The van der Waals surface area contributed by atoms with E-state index in [2.05, 4.69) is 0 Å². The second kappa shape index (κ2) is 6.07. The second-order valence-corrected chi connectivity index (χ2v) is 7.21. The fraction of sp³-hybridized carbons (Fsp3) is 0.467. The van der Waals surface area contributed by atoms with E-state index in [0.29, 0.717) is 12.0 Å². The van der Waals surface area contributed by atoms with Crippen molar-refractivity contribution >= 4 is 21.6 Å². The number of carbonyl (C=O) groups excluding carboxylic acids is 2. The highest BCUT2D eigenvalue weighted by molar-refractivity contribution is 7.89. The van der Waals surface area contributed by atoms with Gasteiger partial charge < -0.3 is 0 Å². The summed E-state index contributed by atoms with van der Waals surface area (Å²) in [7, 11) is -3.66. The molecular formula is C15H19NO4S. The smallest absolute Gasteiger partial charge is 0.243 e. The average molecular weight is 309 g/mol. The first-order chi connectivity index (χ1) is 9.86. The number of rotatable bonds is 4. The largest absolute Gasteiger partial charge is 0.299 e. The van der Waals surface area contributed by atoms with Gasteiger partial charge in [0.25, 0.3) is 0 Å². The number of hydrogen-bond acceptors (Lipinski definition) is 4.